The van der Waals surface area contributed by atoms with Crippen LogP contribution in [0.15, 0.2) is 65.5 Å². The molecule has 0 saturated heterocycles. The zero-order valence-corrected chi connectivity index (χ0v) is 13.9. The number of benzene rings is 1. The molecule has 4 heteroatoms. The van der Waals surface area contributed by atoms with Crippen LogP contribution in [0.4, 0.5) is 0 Å². The first-order chi connectivity index (χ1) is 11.7. The third-order valence-corrected chi connectivity index (χ3v) is 4.84. The van der Waals surface area contributed by atoms with Gasteiger partial charge in [0.05, 0.1) is 22.9 Å². The highest BCUT2D eigenvalue weighted by molar-refractivity contribution is 5.73. The number of nitrogens with one attached hydrogen (secondary N) is 1. The van der Waals surface area contributed by atoms with Crippen LogP contribution in [0.1, 0.15) is 37.9 Å². The van der Waals surface area contributed by atoms with Crippen molar-refractivity contribution < 1.29 is 0 Å². The lowest BCUT2D eigenvalue weighted by Crippen LogP contribution is -2.37. The average molecular weight is 318 g/mol. The van der Waals surface area contributed by atoms with Crippen molar-refractivity contribution in [1.82, 2.24) is 15.3 Å². The van der Waals surface area contributed by atoms with Gasteiger partial charge in [0.2, 0.25) is 0 Å². The topological polar surface area (TPSA) is 63.8 Å². The zero-order valence-electron chi connectivity index (χ0n) is 13.9. The molecule has 0 spiro atoms. The van der Waals surface area contributed by atoms with Gasteiger partial charge >= 0.3 is 0 Å². The fourth-order valence-corrected chi connectivity index (χ4v) is 3.59. The monoisotopic (exact) mass is 318 g/mol. The summed E-state index contributed by atoms with van der Waals surface area (Å²) in [4.78, 5) is 9.29. The van der Waals surface area contributed by atoms with Gasteiger partial charge in [-0.05, 0) is 49.5 Å². The van der Waals surface area contributed by atoms with Crippen molar-refractivity contribution in [2.75, 3.05) is 0 Å². The Morgan fingerprint density at radius 1 is 1.25 bits per heavy atom. The number of rotatable bonds is 3. The van der Waals surface area contributed by atoms with Gasteiger partial charge in [-0.1, -0.05) is 30.4 Å². The Bertz CT molecular complexity index is 863. The Hall–Kier alpha value is -2.46. The maximum Gasteiger partial charge on any atom is 0.0890 e. The summed E-state index contributed by atoms with van der Waals surface area (Å²) in [6.07, 6.45) is 11.6. The van der Waals surface area contributed by atoms with E-state index in [1.54, 1.807) is 0 Å². The van der Waals surface area contributed by atoms with Crippen molar-refractivity contribution >= 4 is 11.0 Å². The van der Waals surface area contributed by atoms with E-state index in [1.807, 2.05) is 30.5 Å². The normalized spacial score (nSPS) is 21.5. The first-order valence-corrected chi connectivity index (χ1v) is 8.55. The van der Waals surface area contributed by atoms with Crippen molar-refractivity contribution in [3.05, 3.63) is 71.2 Å². The van der Waals surface area contributed by atoms with Gasteiger partial charge in [0.1, 0.15) is 0 Å². The lowest BCUT2D eigenvalue weighted by atomic mass is 9.84. The Kier molecular flexibility index (Phi) is 3.90. The third-order valence-electron chi connectivity index (χ3n) is 4.84. The van der Waals surface area contributed by atoms with E-state index < -0.39 is 0 Å². The number of nitrogens with two attached hydrogens (primary N) is 1. The fraction of sp³-hybridized carbons (Fsp3) is 0.300. The van der Waals surface area contributed by atoms with E-state index in [0.717, 1.165) is 41.7 Å². The predicted molar refractivity (Wildman–Crippen MR) is 97.2 cm³/mol. The smallest absolute Gasteiger partial charge is 0.0890 e. The second-order valence-corrected chi connectivity index (χ2v) is 6.50. The summed E-state index contributed by atoms with van der Waals surface area (Å²) in [6, 6.07) is 8.33. The van der Waals surface area contributed by atoms with Crippen molar-refractivity contribution in [3.63, 3.8) is 0 Å². The summed E-state index contributed by atoms with van der Waals surface area (Å²) < 4.78 is 0. The van der Waals surface area contributed by atoms with E-state index in [1.165, 1.54) is 11.1 Å². The molecule has 0 amide bonds. The second-order valence-electron chi connectivity index (χ2n) is 6.50. The van der Waals surface area contributed by atoms with Crippen LogP contribution < -0.4 is 11.1 Å². The first kappa shape index (κ1) is 15.1. The molecule has 2 atom stereocenters. The minimum absolute atomic E-state index is 0.113. The molecular weight excluding hydrogens is 296 g/mol. The van der Waals surface area contributed by atoms with Gasteiger partial charge in [0, 0.05) is 17.8 Å². The quantitative estimate of drug-likeness (QED) is 0.908. The Labute approximate surface area is 142 Å². The molecule has 0 saturated carbocycles. The van der Waals surface area contributed by atoms with E-state index >= 15 is 0 Å². The maximum absolute atomic E-state index is 6.27. The zero-order chi connectivity index (χ0) is 16.5. The van der Waals surface area contributed by atoms with Gasteiger partial charge in [-0.15, -0.1) is 0 Å². The van der Waals surface area contributed by atoms with Crippen LogP contribution in [-0.4, -0.2) is 16.0 Å². The van der Waals surface area contributed by atoms with Crippen LogP contribution in [0.5, 0.6) is 0 Å². The SMILES string of the molecule is CC(NC1CC=CC2=C1C(N)=CCC2)c1cnc2ccccc2n1. The lowest BCUT2D eigenvalue weighted by Gasteiger charge is -2.31. The Morgan fingerprint density at radius 2 is 2.08 bits per heavy atom. The molecule has 2 aliphatic rings. The van der Waals surface area contributed by atoms with Crippen molar-refractivity contribution in [2.45, 2.75) is 38.3 Å². The summed E-state index contributed by atoms with van der Waals surface area (Å²) in [5.41, 5.74) is 12.7. The number of nitrogens with zero attached hydrogens (tertiary/aromatic N) is 2. The number of para-hydroxylation sites is 2. The van der Waals surface area contributed by atoms with Gasteiger partial charge in [0.15, 0.2) is 0 Å². The van der Waals surface area contributed by atoms with Crippen LogP contribution in [0, 0.1) is 0 Å². The molecule has 0 fully saturated rings. The Morgan fingerprint density at radius 3 is 2.96 bits per heavy atom. The highest BCUT2D eigenvalue weighted by Crippen LogP contribution is 2.31. The van der Waals surface area contributed by atoms with E-state index in [0.29, 0.717) is 0 Å². The molecule has 1 aromatic heterocycles. The number of fused-ring (bicyclic) bond motifs is 1. The van der Waals surface area contributed by atoms with E-state index in [-0.39, 0.29) is 12.1 Å². The number of hydrogen-bond acceptors (Lipinski definition) is 4. The number of aromatic nitrogens is 2. The van der Waals surface area contributed by atoms with Crippen molar-refractivity contribution in [3.8, 4) is 0 Å². The molecule has 2 aliphatic carbocycles. The molecule has 4 rings (SSSR count). The molecular formula is C20H22N4. The van der Waals surface area contributed by atoms with Crippen molar-refractivity contribution in [2.24, 2.45) is 5.73 Å². The summed E-state index contributed by atoms with van der Waals surface area (Å²) in [6.45, 7) is 2.14. The van der Waals surface area contributed by atoms with Gasteiger partial charge < -0.3 is 11.1 Å². The summed E-state index contributed by atoms with van der Waals surface area (Å²) >= 11 is 0. The maximum atomic E-state index is 6.27. The van der Waals surface area contributed by atoms with Gasteiger partial charge in [0.25, 0.3) is 0 Å². The summed E-state index contributed by atoms with van der Waals surface area (Å²) in [5, 5.41) is 3.70. The molecule has 0 aliphatic heterocycles. The minimum Gasteiger partial charge on any atom is -0.399 e. The van der Waals surface area contributed by atoms with E-state index in [2.05, 4.69) is 35.5 Å². The summed E-state index contributed by atoms with van der Waals surface area (Å²) in [5.74, 6) is 0. The molecule has 1 heterocycles. The first-order valence-electron chi connectivity index (χ1n) is 8.55. The molecule has 0 radical (unpaired) electrons. The third kappa shape index (κ3) is 2.74. The fourth-order valence-electron chi connectivity index (χ4n) is 3.59. The number of hydrogen-bond donors (Lipinski definition) is 2. The Balaban J connectivity index is 1.59. The molecule has 2 aromatic rings. The van der Waals surface area contributed by atoms with E-state index in [4.69, 9.17) is 10.7 Å². The highest BCUT2D eigenvalue weighted by Gasteiger charge is 2.25. The van der Waals surface area contributed by atoms with E-state index in [9.17, 15) is 0 Å². The van der Waals surface area contributed by atoms with Gasteiger partial charge in [-0.3, -0.25) is 4.98 Å². The molecule has 24 heavy (non-hydrogen) atoms. The molecule has 1 aromatic carbocycles. The van der Waals surface area contributed by atoms with Crippen LogP contribution in [-0.2, 0) is 0 Å². The average Bonchev–Trinajstić information content (AvgIpc) is 2.61. The second kappa shape index (κ2) is 6.21. The standard InChI is InChI=1S/C20H22N4/c1-13(19-12-22-16-9-2-3-10-17(16)24-19)23-18-11-5-7-14-6-4-8-15(21)20(14)18/h2-3,5,7-10,12-13,18,23H,4,6,11,21H2,1H3. The van der Waals surface area contributed by atoms with Gasteiger partial charge in [-0.25, -0.2) is 4.98 Å². The lowest BCUT2D eigenvalue weighted by molar-refractivity contribution is 0.484. The molecule has 122 valence electrons. The molecule has 4 nitrogen and oxygen atoms in total. The minimum atomic E-state index is 0.113. The largest absolute Gasteiger partial charge is 0.399 e. The summed E-state index contributed by atoms with van der Waals surface area (Å²) in [7, 11) is 0. The van der Waals surface area contributed by atoms with Crippen LogP contribution >= 0.6 is 0 Å². The van der Waals surface area contributed by atoms with Crippen molar-refractivity contribution in [1.29, 1.82) is 0 Å². The molecule has 0 bridgehead atoms. The van der Waals surface area contributed by atoms with Crippen LogP contribution in [0.3, 0.4) is 0 Å². The van der Waals surface area contributed by atoms with Gasteiger partial charge in [-0.2, -0.15) is 0 Å². The van der Waals surface area contributed by atoms with Crippen LogP contribution in [0.2, 0.25) is 0 Å². The highest BCUT2D eigenvalue weighted by atomic mass is 15.0. The predicted octanol–water partition coefficient (Wildman–Crippen LogP) is 3.54. The van der Waals surface area contributed by atoms with Crippen LogP contribution in [0.25, 0.3) is 11.0 Å². The molecule has 3 N–H and O–H groups in total. The molecule has 2 unspecified atom stereocenters. The number of allylic oxidation sites excluding steroid dienone is 3.